The third kappa shape index (κ3) is 1.87. The van der Waals surface area contributed by atoms with Crippen molar-refractivity contribution < 1.29 is 9.21 Å². The first-order chi connectivity index (χ1) is 7.22. The second-order valence-corrected chi connectivity index (χ2v) is 3.91. The molecule has 1 aliphatic heterocycles. The van der Waals surface area contributed by atoms with Gasteiger partial charge in [-0.05, 0) is 25.8 Å². The normalized spacial score (nSPS) is 20.9. The summed E-state index contributed by atoms with van der Waals surface area (Å²) in [4.78, 5) is 17.6. The predicted octanol–water partition coefficient (Wildman–Crippen LogP) is 0.404. The molecule has 1 aliphatic rings. The molecule has 1 fully saturated rings. The molecule has 0 radical (unpaired) electrons. The van der Waals surface area contributed by atoms with E-state index in [1.54, 1.807) is 11.8 Å². The predicted molar refractivity (Wildman–Crippen MR) is 54.3 cm³/mol. The van der Waals surface area contributed by atoms with Gasteiger partial charge in [0.15, 0.2) is 6.39 Å². The Morgan fingerprint density at radius 1 is 1.80 bits per heavy atom. The van der Waals surface area contributed by atoms with Crippen molar-refractivity contribution in [3.63, 3.8) is 0 Å². The number of hydrogen-bond donors (Lipinski definition) is 1. The first kappa shape index (κ1) is 10.2. The van der Waals surface area contributed by atoms with E-state index in [9.17, 15) is 4.79 Å². The molecule has 15 heavy (non-hydrogen) atoms. The maximum atomic E-state index is 11.9. The fraction of sp³-hybridized carbons (Fsp3) is 0.600. The summed E-state index contributed by atoms with van der Waals surface area (Å²) in [5.41, 5.74) is 6.22. The molecule has 2 heterocycles. The Labute approximate surface area is 88.3 Å². The van der Waals surface area contributed by atoms with E-state index in [4.69, 9.17) is 10.2 Å². The molecule has 1 aromatic rings. The summed E-state index contributed by atoms with van der Waals surface area (Å²) in [5, 5.41) is 0. The van der Waals surface area contributed by atoms with Gasteiger partial charge in [0.05, 0.1) is 5.69 Å². The molecule has 1 aromatic heterocycles. The number of carbonyl (C=O) groups is 1. The van der Waals surface area contributed by atoms with Crippen molar-refractivity contribution in [1.82, 2.24) is 9.88 Å². The van der Waals surface area contributed by atoms with Gasteiger partial charge in [-0.25, -0.2) is 4.98 Å². The molecule has 5 nitrogen and oxygen atoms in total. The zero-order valence-electron chi connectivity index (χ0n) is 8.77. The largest absolute Gasteiger partial charge is 0.438 e. The van der Waals surface area contributed by atoms with Crippen molar-refractivity contribution in [3.8, 4) is 0 Å². The van der Waals surface area contributed by atoms with E-state index in [0.29, 0.717) is 23.9 Å². The summed E-state index contributed by atoms with van der Waals surface area (Å²) in [6, 6.07) is 0. The van der Waals surface area contributed by atoms with Gasteiger partial charge in [0, 0.05) is 13.1 Å². The number of rotatable bonds is 2. The smallest absolute Gasteiger partial charge is 0.291 e. The molecular weight excluding hydrogens is 194 g/mol. The van der Waals surface area contributed by atoms with Gasteiger partial charge in [0.1, 0.15) is 0 Å². The maximum Gasteiger partial charge on any atom is 0.291 e. The van der Waals surface area contributed by atoms with Crippen molar-refractivity contribution in [3.05, 3.63) is 17.8 Å². The molecule has 0 spiro atoms. The average Bonchev–Trinajstić information content (AvgIpc) is 2.84. The van der Waals surface area contributed by atoms with E-state index < -0.39 is 0 Å². The Hall–Kier alpha value is -1.36. The minimum atomic E-state index is -0.0686. The number of hydrogen-bond acceptors (Lipinski definition) is 4. The van der Waals surface area contributed by atoms with E-state index in [2.05, 4.69) is 4.98 Å². The van der Waals surface area contributed by atoms with Crippen molar-refractivity contribution in [2.24, 2.45) is 11.7 Å². The summed E-state index contributed by atoms with van der Waals surface area (Å²) >= 11 is 0. The quantitative estimate of drug-likeness (QED) is 0.765. The van der Waals surface area contributed by atoms with Gasteiger partial charge in [-0.15, -0.1) is 0 Å². The number of nitrogens with two attached hydrogens (primary N) is 1. The van der Waals surface area contributed by atoms with Crippen LogP contribution in [0.5, 0.6) is 0 Å². The van der Waals surface area contributed by atoms with Crippen LogP contribution in [0.25, 0.3) is 0 Å². The van der Waals surface area contributed by atoms with Crippen molar-refractivity contribution >= 4 is 5.91 Å². The number of oxazole rings is 1. The van der Waals surface area contributed by atoms with Gasteiger partial charge in [0.25, 0.3) is 5.91 Å². The molecule has 2 rings (SSSR count). The molecule has 0 saturated carbocycles. The molecule has 0 aliphatic carbocycles. The Morgan fingerprint density at radius 3 is 3.13 bits per heavy atom. The van der Waals surface area contributed by atoms with Gasteiger partial charge in [-0.1, -0.05) is 0 Å². The zero-order valence-corrected chi connectivity index (χ0v) is 8.77. The van der Waals surface area contributed by atoms with Crippen LogP contribution in [0.1, 0.15) is 22.7 Å². The number of aromatic nitrogens is 1. The summed E-state index contributed by atoms with van der Waals surface area (Å²) in [7, 11) is 0. The number of aryl methyl sites for hydroxylation is 1. The Morgan fingerprint density at radius 2 is 2.60 bits per heavy atom. The van der Waals surface area contributed by atoms with Gasteiger partial charge < -0.3 is 15.1 Å². The number of likely N-dealkylation sites (tertiary alicyclic amines) is 1. The summed E-state index contributed by atoms with van der Waals surface area (Å²) < 4.78 is 5.07. The van der Waals surface area contributed by atoms with Crippen LogP contribution >= 0.6 is 0 Å². The molecular formula is C10H15N3O2. The second-order valence-electron chi connectivity index (χ2n) is 3.91. The van der Waals surface area contributed by atoms with Gasteiger partial charge in [-0.2, -0.15) is 0 Å². The topological polar surface area (TPSA) is 72.4 Å². The fourth-order valence-corrected chi connectivity index (χ4v) is 1.86. The van der Waals surface area contributed by atoms with Crippen LogP contribution in [0.3, 0.4) is 0 Å². The lowest BCUT2D eigenvalue weighted by Gasteiger charge is -2.14. The van der Waals surface area contributed by atoms with Gasteiger partial charge in [-0.3, -0.25) is 4.79 Å². The van der Waals surface area contributed by atoms with E-state index >= 15 is 0 Å². The van der Waals surface area contributed by atoms with E-state index in [0.717, 1.165) is 19.5 Å². The molecule has 82 valence electrons. The molecule has 2 N–H and O–H groups in total. The lowest BCUT2D eigenvalue weighted by atomic mass is 10.1. The highest BCUT2D eigenvalue weighted by Gasteiger charge is 2.28. The molecule has 5 heteroatoms. The standard InChI is InChI=1S/C10H15N3O2/c1-7-9(15-6-12-7)10(14)13-3-2-8(4-11)5-13/h6,8H,2-5,11H2,1H3. The third-order valence-electron chi connectivity index (χ3n) is 2.85. The van der Waals surface area contributed by atoms with Crippen LogP contribution in [0, 0.1) is 12.8 Å². The highest BCUT2D eigenvalue weighted by Crippen LogP contribution is 2.18. The first-order valence-electron chi connectivity index (χ1n) is 5.11. The minimum absolute atomic E-state index is 0.0686. The summed E-state index contributed by atoms with van der Waals surface area (Å²) in [6.07, 6.45) is 2.29. The van der Waals surface area contributed by atoms with Gasteiger partial charge >= 0.3 is 0 Å². The molecule has 1 atom stereocenters. The number of amides is 1. The SMILES string of the molecule is Cc1ncoc1C(=O)N1CCC(CN)C1. The van der Waals surface area contributed by atoms with Crippen LogP contribution in [-0.2, 0) is 0 Å². The van der Waals surface area contributed by atoms with Crippen molar-refractivity contribution in [1.29, 1.82) is 0 Å². The van der Waals surface area contributed by atoms with E-state index in [1.165, 1.54) is 6.39 Å². The third-order valence-corrected chi connectivity index (χ3v) is 2.85. The van der Waals surface area contributed by atoms with Gasteiger partial charge in [0.2, 0.25) is 5.76 Å². The monoisotopic (exact) mass is 209 g/mol. The van der Waals surface area contributed by atoms with Crippen LogP contribution in [-0.4, -0.2) is 35.4 Å². The average molecular weight is 209 g/mol. The fourth-order valence-electron chi connectivity index (χ4n) is 1.86. The van der Waals surface area contributed by atoms with E-state index in [1.807, 2.05) is 0 Å². The molecule has 0 bridgehead atoms. The molecule has 1 amide bonds. The highest BCUT2D eigenvalue weighted by atomic mass is 16.3. The minimum Gasteiger partial charge on any atom is -0.438 e. The van der Waals surface area contributed by atoms with Crippen molar-refractivity contribution in [2.75, 3.05) is 19.6 Å². The molecule has 1 unspecified atom stereocenters. The summed E-state index contributed by atoms with van der Waals surface area (Å²) in [5.74, 6) is 0.714. The van der Waals surface area contributed by atoms with Crippen LogP contribution in [0.15, 0.2) is 10.8 Å². The summed E-state index contributed by atoms with van der Waals surface area (Å²) in [6.45, 7) is 3.91. The van der Waals surface area contributed by atoms with Crippen molar-refractivity contribution in [2.45, 2.75) is 13.3 Å². The van der Waals surface area contributed by atoms with Crippen LogP contribution in [0.4, 0.5) is 0 Å². The lowest BCUT2D eigenvalue weighted by molar-refractivity contribution is 0.0755. The highest BCUT2D eigenvalue weighted by molar-refractivity contribution is 5.92. The first-order valence-corrected chi connectivity index (χ1v) is 5.11. The number of carbonyl (C=O) groups excluding carboxylic acids is 1. The molecule has 0 aromatic carbocycles. The molecule has 1 saturated heterocycles. The Balaban J connectivity index is 2.07. The van der Waals surface area contributed by atoms with Crippen LogP contribution in [0.2, 0.25) is 0 Å². The van der Waals surface area contributed by atoms with Crippen LogP contribution < -0.4 is 5.73 Å². The lowest BCUT2D eigenvalue weighted by Crippen LogP contribution is -2.30. The second kappa shape index (κ2) is 4.02. The van der Waals surface area contributed by atoms with E-state index in [-0.39, 0.29) is 5.91 Å². The Kier molecular flexibility index (Phi) is 2.73. The number of nitrogens with zero attached hydrogens (tertiary/aromatic N) is 2. The zero-order chi connectivity index (χ0) is 10.8. The maximum absolute atomic E-state index is 11.9. The Bertz CT molecular complexity index is 361.